The first-order valence-corrected chi connectivity index (χ1v) is 9.85. The Morgan fingerprint density at radius 2 is 2.08 bits per heavy atom. The number of rotatable bonds is 5. The lowest BCUT2D eigenvalue weighted by atomic mass is 10.2. The number of nitrogens with one attached hydrogen (secondary N) is 1. The second kappa shape index (κ2) is 7.70. The van der Waals surface area contributed by atoms with Crippen LogP contribution in [0.25, 0.3) is 10.2 Å². The number of anilines is 1. The van der Waals surface area contributed by atoms with Gasteiger partial charge in [-0.05, 0) is 25.0 Å². The van der Waals surface area contributed by atoms with Crippen molar-refractivity contribution in [3.63, 3.8) is 0 Å². The van der Waals surface area contributed by atoms with Gasteiger partial charge in [0.2, 0.25) is 0 Å². The van der Waals surface area contributed by atoms with Crippen LogP contribution in [0.1, 0.15) is 16.0 Å². The van der Waals surface area contributed by atoms with Gasteiger partial charge in [0, 0.05) is 31.1 Å². The van der Waals surface area contributed by atoms with Crippen LogP contribution in [0.15, 0.2) is 36.7 Å². The average Bonchev–Trinajstić information content (AvgIpc) is 2.96. The molecule has 5 nitrogen and oxygen atoms in total. The molecule has 136 valence electrons. The molecule has 1 aliphatic heterocycles. The SMILES string of the molecule is Cc1sc2ncnc(NC[C@H]3CN(Cc4ccccc4)CCO3)c2c1C. The maximum atomic E-state index is 5.97. The summed E-state index contributed by atoms with van der Waals surface area (Å²) in [5.41, 5.74) is 2.62. The number of aromatic nitrogens is 2. The van der Waals surface area contributed by atoms with Crippen molar-refractivity contribution in [3.8, 4) is 0 Å². The van der Waals surface area contributed by atoms with Crippen molar-refractivity contribution in [2.45, 2.75) is 26.5 Å². The zero-order valence-corrected chi connectivity index (χ0v) is 16.1. The third kappa shape index (κ3) is 3.72. The molecule has 1 saturated heterocycles. The number of ether oxygens (including phenoxy) is 1. The van der Waals surface area contributed by atoms with E-state index in [0.717, 1.165) is 48.8 Å². The van der Waals surface area contributed by atoms with E-state index in [1.54, 1.807) is 17.7 Å². The van der Waals surface area contributed by atoms with Crippen molar-refractivity contribution in [1.82, 2.24) is 14.9 Å². The van der Waals surface area contributed by atoms with Gasteiger partial charge in [-0.25, -0.2) is 9.97 Å². The zero-order valence-electron chi connectivity index (χ0n) is 15.2. The fraction of sp³-hybridized carbons (Fsp3) is 0.400. The number of benzene rings is 1. The van der Waals surface area contributed by atoms with Crippen LogP contribution in [0.3, 0.4) is 0 Å². The van der Waals surface area contributed by atoms with Gasteiger partial charge >= 0.3 is 0 Å². The molecule has 1 aromatic carbocycles. The van der Waals surface area contributed by atoms with E-state index in [4.69, 9.17) is 4.74 Å². The van der Waals surface area contributed by atoms with E-state index in [1.807, 2.05) is 0 Å². The van der Waals surface area contributed by atoms with Gasteiger partial charge in [-0.2, -0.15) is 0 Å². The molecular formula is C20H24N4OS. The van der Waals surface area contributed by atoms with E-state index in [9.17, 15) is 0 Å². The molecule has 0 bridgehead atoms. The largest absolute Gasteiger partial charge is 0.374 e. The van der Waals surface area contributed by atoms with E-state index in [0.29, 0.717) is 0 Å². The van der Waals surface area contributed by atoms with E-state index in [-0.39, 0.29) is 6.10 Å². The Bertz CT molecular complexity index is 880. The molecule has 3 aromatic rings. The molecule has 0 unspecified atom stereocenters. The molecule has 0 saturated carbocycles. The molecule has 0 aliphatic carbocycles. The van der Waals surface area contributed by atoms with E-state index in [1.165, 1.54) is 16.0 Å². The molecule has 1 fully saturated rings. The fourth-order valence-electron chi connectivity index (χ4n) is 3.42. The Morgan fingerprint density at radius 3 is 2.92 bits per heavy atom. The minimum absolute atomic E-state index is 0.164. The molecule has 3 heterocycles. The fourth-order valence-corrected chi connectivity index (χ4v) is 4.41. The zero-order chi connectivity index (χ0) is 17.9. The maximum absolute atomic E-state index is 5.97. The Labute approximate surface area is 158 Å². The van der Waals surface area contributed by atoms with Crippen molar-refractivity contribution in [2.24, 2.45) is 0 Å². The van der Waals surface area contributed by atoms with Gasteiger partial charge in [0.05, 0.1) is 18.1 Å². The average molecular weight is 369 g/mol. The van der Waals surface area contributed by atoms with Crippen molar-refractivity contribution < 1.29 is 4.74 Å². The van der Waals surface area contributed by atoms with Gasteiger partial charge in [0.1, 0.15) is 17.0 Å². The van der Waals surface area contributed by atoms with Crippen LogP contribution in [0.5, 0.6) is 0 Å². The second-order valence-electron chi connectivity index (χ2n) is 6.78. The van der Waals surface area contributed by atoms with Gasteiger partial charge in [-0.15, -0.1) is 11.3 Å². The Kier molecular flexibility index (Phi) is 5.15. The van der Waals surface area contributed by atoms with E-state index >= 15 is 0 Å². The summed E-state index contributed by atoms with van der Waals surface area (Å²) in [6.45, 7) is 8.68. The quantitative estimate of drug-likeness (QED) is 0.745. The van der Waals surface area contributed by atoms with Crippen LogP contribution >= 0.6 is 11.3 Å². The summed E-state index contributed by atoms with van der Waals surface area (Å²) < 4.78 is 5.97. The number of hydrogen-bond donors (Lipinski definition) is 1. The number of thiophene rings is 1. The summed E-state index contributed by atoms with van der Waals surface area (Å²) >= 11 is 1.73. The Hall–Kier alpha value is -2.02. The highest BCUT2D eigenvalue weighted by Crippen LogP contribution is 2.32. The molecule has 1 N–H and O–H groups in total. The summed E-state index contributed by atoms with van der Waals surface area (Å²) in [6.07, 6.45) is 1.81. The monoisotopic (exact) mass is 368 g/mol. The van der Waals surface area contributed by atoms with Crippen LogP contribution < -0.4 is 5.32 Å². The molecule has 2 aromatic heterocycles. The molecule has 0 radical (unpaired) electrons. The highest BCUT2D eigenvalue weighted by Gasteiger charge is 2.21. The maximum Gasteiger partial charge on any atom is 0.138 e. The second-order valence-corrected chi connectivity index (χ2v) is 7.98. The smallest absolute Gasteiger partial charge is 0.138 e. The first kappa shape index (κ1) is 17.4. The number of morpholine rings is 1. The summed E-state index contributed by atoms with van der Waals surface area (Å²) in [7, 11) is 0. The summed E-state index contributed by atoms with van der Waals surface area (Å²) in [5, 5.41) is 4.65. The van der Waals surface area contributed by atoms with Crippen LogP contribution in [0.4, 0.5) is 5.82 Å². The topological polar surface area (TPSA) is 50.3 Å². The Balaban J connectivity index is 1.40. The highest BCUT2D eigenvalue weighted by molar-refractivity contribution is 7.18. The van der Waals surface area contributed by atoms with Crippen molar-refractivity contribution in [3.05, 3.63) is 52.7 Å². The molecule has 0 amide bonds. The first-order valence-electron chi connectivity index (χ1n) is 9.03. The van der Waals surface area contributed by atoms with Crippen LogP contribution in [0, 0.1) is 13.8 Å². The van der Waals surface area contributed by atoms with Crippen molar-refractivity contribution in [1.29, 1.82) is 0 Å². The van der Waals surface area contributed by atoms with Gasteiger partial charge in [0.15, 0.2) is 0 Å². The normalized spacial score (nSPS) is 18.3. The highest BCUT2D eigenvalue weighted by atomic mass is 32.1. The molecule has 4 rings (SSSR count). The number of fused-ring (bicyclic) bond motifs is 1. The summed E-state index contributed by atoms with van der Waals surface area (Å²) in [5.74, 6) is 0.917. The molecular weight excluding hydrogens is 344 g/mol. The van der Waals surface area contributed by atoms with Gasteiger partial charge < -0.3 is 10.1 Å². The molecule has 1 atom stereocenters. The van der Waals surface area contributed by atoms with Crippen LogP contribution in [0.2, 0.25) is 0 Å². The van der Waals surface area contributed by atoms with E-state index < -0.39 is 0 Å². The lowest BCUT2D eigenvalue weighted by Gasteiger charge is -2.33. The predicted molar refractivity (Wildman–Crippen MR) is 107 cm³/mol. The minimum atomic E-state index is 0.164. The third-order valence-electron chi connectivity index (χ3n) is 4.93. The summed E-state index contributed by atoms with van der Waals surface area (Å²) in [4.78, 5) is 13.7. The lowest BCUT2D eigenvalue weighted by Crippen LogP contribution is -2.44. The standard InChI is InChI=1S/C20H24N4OS/c1-14-15(2)26-20-18(14)19(22-13-23-20)21-10-17-12-24(8-9-25-17)11-16-6-4-3-5-7-16/h3-7,13,17H,8-12H2,1-2H3,(H,21,22,23)/t17-/m0/s1. The first-order chi connectivity index (χ1) is 12.7. The molecule has 6 heteroatoms. The molecule has 1 aliphatic rings. The third-order valence-corrected chi connectivity index (χ3v) is 6.05. The van der Waals surface area contributed by atoms with Crippen LogP contribution in [-0.4, -0.2) is 47.2 Å². The molecule has 0 spiro atoms. The number of hydrogen-bond acceptors (Lipinski definition) is 6. The van der Waals surface area contributed by atoms with Crippen molar-refractivity contribution >= 4 is 27.4 Å². The van der Waals surface area contributed by atoms with Gasteiger partial charge in [-0.3, -0.25) is 4.90 Å². The van der Waals surface area contributed by atoms with Crippen molar-refractivity contribution in [2.75, 3.05) is 31.6 Å². The summed E-state index contributed by atoms with van der Waals surface area (Å²) in [6, 6.07) is 10.6. The van der Waals surface area contributed by atoms with Crippen LogP contribution in [-0.2, 0) is 11.3 Å². The van der Waals surface area contributed by atoms with Gasteiger partial charge in [0.25, 0.3) is 0 Å². The molecule has 26 heavy (non-hydrogen) atoms. The van der Waals surface area contributed by atoms with E-state index in [2.05, 4.69) is 64.4 Å². The minimum Gasteiger partial charge on any atom is -0.374 e. The predicted octanol–water partition coefficient (Wildman–Crippen LogP) is 3.62. The number of nitrogens with zero attached hydrogens (tertiary/aromatic N) is 3. The van der Waals surface area contributed by atoms with Gasteiger partial charge in [-0.1, -0.05) is 30.3 Å². The lowest BCUT2D eigenvalue weighted by molar-refractivity contribution is -0.0240. The Morgan fingerprint density at radius 1 is 1.23 bits per heavy atom. The number of aryl methyl sites for hydroxylation is 2.